The Kier molecular flexibility index (Phi) is 5.32. The number of carbonyl (C=O) groups excluding carboxylic acids is 1. The Balaban J connectivity index is 1.87. The van der Waals surface area contributed by atoms with Crippen molar-refractivity contribution in [3.8, 4) is 5.75 Å². The van der Waals surface area contributed by atoms with E-state index in [4.69, 9.17) is 14.6 Å². The van der Waals surface area contributed by atoms with Crippen molar-refractivity contribution < 1.29 is 24.2 Å². The van der Waals surface area contributed by atoms with Crippen LogP contribution in [0.1, 0.15) is 18.4 Å². The van der Waals surface area contributed by atoms with Gasteiger partial charge in [-0.25, -0.2) is 4.79 Å². The molecule has 118 valence electrons. The van der Waals surface area contributed by atoms with Crippen molar-refractivity contribution in [3.05, 3.63) is 41.3 Å². The number of thioether (sulfide) groups is 1. The number of ether oxygens (including phenoxy) is 2. The minimum Gasteiger partial charge on any atom is -0.497 e. The van der Waals surface area contributed by atoms with Crippen LogP contribution in [0.4, 0.5) is 4.79 Å². The zero-order chi connectivity index (χ0) is 16.0. The summed E-state index contributed by atoms with van der Waals surface area (Å²) in [6, 6.07) is 7.15. The van der Waals surface area contributed by atoms with Gasteiger partial charge in [0.2, 0.25) is 0 Å². The largest absolute Gasteiger partial charge is 0.497 e. The van der Waals surface area contributed by atoms with E-state index in [1.807, 2.05) is 6.08 Å². The van der Waals surface area contributed by atoms with Gasteiger partial charge in [-0.3, -0.25) is 4.79 Å². The minimum absolute atomic E-state index is 0.108. The van der Waals surface area contributed by atoms with E-state index in [9.17, 15) is 9.59 Å². The van der Waals surface area contributed by atoms with Crippen LogP contribution < -0.4 is 10.1 Å². The Morgan fingerprint density at radius 3 is 2.64 bits per heavy atom. The number of nitrogens with one attached hydrogen (secondary N) is 1. The van der Waals surface area contributed by atoms with E-state index in [1.54, 1.807) is 36.8 Å². The topological polar surface area (TPSA) is 84.9 Å². The van der Waals surface area contributed by atoms with Crippen molar-refractivity contribution in [3.63, 3.8) is 0 Å². The van der Waals surface area contributed by atoms with Gasteiger partial charge in [0.15, 0.2) is 0 Å². The van der Waals surface area contributed by atoms with E-state index < -0.39 is 16.9 Å². The molecule has 1 atom stereocenters. The van der Waals surface area contributed by atoms with Crippen LogP contribution in [-0.2, 0) is 16.1 Å². The average Bonchev–Trinajstić information content (AvgIpc) is 2.92. The molecule has 0 saturated carbocycles. The highest BCUT2D eigenvalue weighted by atomic mass is 32.2. The molecule has 0 bridgehead atoms. The number of carbonyl (C=O) groups is 2. The van der Waals surface area contributed by atoms with Gasteiger partial charge >= 0.3 is 12.1 Å². The Morgan fingerprint density at radius 2 is 2.09 bits per heavy atom. The molecular formula is C15H17NO5S. The first-order valence-electron chi connectivity index (χ1n) is 6.65. The number of carboxylic acids is 1. The maximum absolute atomic E-state index is 11.9. The SMILES string of the molecule is COc1ccc(COC(=O)NC2(CC(=O)O)CC=CS2)cc1. The van der Waals surface area contributed by atoms with Crippen molar-refractivity contribution in [2.75, 3.05) is 7.11 Å². The molecule has 1 heterocycles. The van der Waals surface area contributed by atoms with Gasteiger partial charge in [0.05, 0.1) is 13.5 Å². The van der Waals surface area contributed by atoms with E-state index in [2.05, 4.69) is 5.32 Å². The summed E-state index contributed by atoms with van der Waals surface area (Å²) in [6.07, 6.45) is 1.50. The monoisotopic (exact) mass is 323 g/mol. The van der Waals surface area contributed by atoms with E-state index in [0.717, 1.165) is 11.3 Å². The van der Waals surface area contributed by atoms with E-state index in [1.165, 1.54) is 11.8 Å². The summed E-state index contributed by atoms with van der Waals surface area (Å²) in [4.78, 5) is 22.0. The first-order valence-corrected chi connectivity index (χ1v) is 7.53. The standard InChI is InChI=1S/C15H17NO5S/c1-20-12-5-3-11(4-6-12)10-21-14(19)16-15(9-13(17)18)7-2-8-22-15/h2-6,8H,7,9-10H2,1H3,(H,16,19)(H,17,18). The number of methoxy groups -OCH3 is 1. The molecule has 0 spiro atoms. The first kappa shape index (κ1) is 16.2. The molecule has 0 saturated heterocycles. The van der Waals surface area contributed by atoms with Gasteiger partial charge in [-0.1, -0.05) is 18.2 Å². The third-order valence-electron chi connectivity index (χ3n) is 3.13. The van der Waals surface area contributed by atoms with Crippen molar-refractivity contribution in [2.45, 2.75) is 24.3 Å². The summed E-state index contributed by atoms with van der Waals surface area (Å²) < 4.78 is 10.2. The second-order valence-electron chi connectivity index (χ2n) is 4.81. The van der Waals surface area contributed by atoms with Crippen LogP contribution in [0.15, 0.2) is 35.7 Å². The third kappa shape index (κ3) is 4.42. The van der Waals surface area contributed by atoms with Gasteiger partial charge in [0, 0.05) is 0 Å². The minimum atomic E-state index is -0.966. The lowest BCUT2D eigenvalue weighted by molar-refractivity contribution is -0.137. The highest BCUT2D eigenvalue weighted by Gasteiger charge is 2.36. The van der Waals surface area contributed by atoms with Crippen LogP contribution in [-0.4, -0.2) is 29.1 Å². The molecule has 7 heteroatoms. The molecule has 1 amide bonds. The van der Waals surface area contributed by atoms with Gasteiger partial charge in [-0.2, -0.15) is 0 Å². The van der Waals surface area contributed by atoms with Gasteiger partial charge in [-0.15, -0.1) is 11.8 Å². The quantitative estimate of drug-likeness (QED) is 0.837. The molecular weight excluding hydrogens is 306 g/mol. The predicted molar refractivity (Wildman–Crippen MR) is 82.6 cm³/mol. The molecule has 22 heavy (non-hydrogen) atoms. The fraction of sp³-hybridized carbons (Fsp3) is 0.333. The molecule has 2 rings (SSSR count). The molecule has 1 aromatic rings. The molecule has 2 N–H and O–H groups in total. The zero-order valence-electron chi connectivity index (χ0n) is 12.1. The number of rotatable bonds is 6. The maximum atomic E-state index is 11.9. The molecule has 1 aliphatic rings. The van der Waals surface area contributed by atoms with E-state index in [-0.39, 0.29) is 13.0 Å². The van der Waals surface area contributed by atoms with Crippen LogP contribution in [0.2, 0.25) is 0 Å². The van der Waals surface area contributed by atoms with Crippen molar-refractivity contribution in [1.82, 2.24) is 5.32 Å². The molecule has 0 radical (unpaired) electrons. The molecule has 1 aliphatic heterocycles. The van der Waals surface area contributed by atoms with Crippen molar-refractivity contribution in [2.24, 2.45) is 0 Å². The Hall–Kier alpha value is -2.15. The second kappa shape index (κ2) is 7.22. The van der Waals surface area contributed by atoms with Gasteiger partial charge in [-0.05, 0) is 29.5 Å². The number of hydrogen-bond acceptors (Lipinski definition) is 5. The molecule has 0 fully saturated rings. The number of carboxylic acid groups (broad SMARTS) is 1. The number of hydrogen-bond donors (Lipinski definition) is 2. The van der Waals surface area contributed by atoms with Gasteiger partial charge in [0.1, 0.15) is 17.2 Å². The smallest absolute Gasteiger partial charge is 0.408 e. The zero-order valence-corrected chi connectivity index (χ0v) is 12.9. The number of alkyl carbamates (subject to hydrolysis) is 1. The summed E-state index contributed by atoms with van der Waals surface area (Å²) in [6.45, 7) is 0.108. The Morgan fingerprint density at radius 1 is 1.36 bits per heavy atom. The maximum Gasteiger partial charge on any atom is 0.408 e. The Bertz CT molecular complexity index is 562. The molecule has 0 aliphatic carbocycles. The van der Waals surface area contributed by atoms with Crippen LogP contribution in [0.25, 0.3) is 0 Å². The average molecular weight is 323 g/mol. The first-order chi connectivity index (χ1) is 10.5. The van der Waals surface area contributed by atoms with Crippen molar-refractivity contribution in [1.29, 1.82) is 0 Å². The molecule has 1 aromatic carbocycles. The summed E-state index contributed by atoms with van der Waals surface area (Å²) in [5.74, 6) is -0.242. The molecule has 0 aromatic heterocycles. The number of amides is 1. The molecule has 6 nitrogen and oxygen atoms in total. The molecule has 1 unspecified atom stereocenters. The highest BCUT2D eigenvalue weighted by molar-refractivity contribution is 8.03. The summed E-state index contributed by atoms with van der Waals surface area (Å²) in [5.41, 5.74) is 0.820. The Labute approximate surface area is 132 Å². The lowest BCUT2D eigenvalue weighted by Crippen LogP contribution is -2.45. The van der Waals surface area contributed by atoms with Crippen LogP contribution in [0.5, 0.6) is 5.75 Å². The fourth-order valence-corrected chi connectivity index (χ4v) is 3.03. The van der Waals surface area contributed by atoms with E-state index >= 15 is 0 Å². The van der Waals surface area contributed by atoms with Crippen LogP contribution in [0.3, 0.4) is 0 Å². The van der Waals surface area contributed by atoms with Gasteiger partial charge < -0.3 is 19.9 Å². The van der Waals surface area contributed by atoms with Gasteiger partial charge in [0.25, 0.3) is 0 Å². The van der Waals surface area contributed by atoms with E-state index in [0.29, 0.717) is 6.42 Å². The summed E-state index contributed by atoms with van der Waals surface area (Å²) in [7, 11) is 1.58. The number of benzene rings is 1. The summed E-state index contributed by atoms with van der Waals surface area (Å²) >= 11 is 1.28. The van der Waals surface area contributed by atoms with Crippen molar-refractivity contribution >= 4 is 23.8 Å². The summed E-state index contributed by atoms with van der Waals surface area (Å²) in [5, 5.41) is 13.4. The van der Waals surface area contributed by atoms with Crippen LogP contribution >= 0.6 is 11.8 Å². The lowest BCUT2D eigenvalue weighted by Gasteiger charge is -2.27. The lowest BCUT2D eigenvalue weighted by atomic mass is 10.1. The normalized spacial score (nSPS) is 19.7. The van der Waals surface area contributed by atoms with Crippen LogP contribution in [0, 0.1) is 0 Å². The third-order valence-corrected chi connectivity index (χ3v) is 4.33. The fourth-order valence-electron chi connectivity index (χ4n) is 2.04. The highest BCUT2D eigenvalue weighted by Crippen LogP contribution is 2.37. The number of aliphatic carboxylic acids is 1. The second-order valence-corrected chi connectivity index (χ2v) is 6.10. The predicted octanol–water partition coefficient (Wildman–Crippen LogP) is 2.74.